The third-order valence-electron chi connectivity index (χ3n) is 2.58. The minimum absolute atomic E-state index is 0.833. The van der Waals surface area contributed by atoms with Gasteiger partial charge in [-0.2, -0.15) is 0 Å². The fourth-order valence-electron chi connectivity index (χ4n) is 1.94. The van der Waals surface area contributed by atoms with Crippen molar-refractivity contribution < 1.29 is 0 Å². The lowest BCUT2D eigenvalue weighted by Gasteiger charge is -2.16. The quantitative estimate of drug-likeness (QED) is 0.641. The van der Waals surface area contributed by atoms with E-state index in [0.717, 1.165) is 24.3 Å². The van der Waals surface area contributed by atoms with Crippen LogP contribution in [0.25, 0.3) is 0 Å². The fourth-order valence-corrected chi connectivity index (χ4v) is 1.94. The van der Waals surface area contributed by atoms with Gasteiger partial charge in [0.15, 0.2) is 0 Å². The third kappa shape index (κ3) is 8.29. The maximum absolute atomic E-state index is 3.23. The van der Waals surface area contributed by atoms with Crippen molar-refractivity contribution in [1.29, 1.82) is 0 Å². The number of nitrogens with one attached hydrogen (secondary N) is 1. The predicted octanol–water partition coefficient (Wildman–Crippen LogP) is 3.30. The molecule has 0 fully saturated rings. The first-order valence-electron chi connectivity index (χ1n) is 5.70. The molecule has 0 aliphatic rings. The van der Waals surface area contributed by atoms with Gasteiger partial charge in [-0.15, -0.1) is 0 Å². The summed E-state index contributed by atoms with van der Waals surface area (Å²) in [6, 6.07) is 0. The van der Waals surface area contributed by atoms with Gasteiger partial charge in [0.1, 0.15) is 0 Å². The van der Waals surface area contributed by atoms with Crippen molar-refractivity contribution in [3.63, 3.8) is 0 Å². The summed E-state index contributed by atoms with van der Waals surface area (Å²) in [6.07, 6.45) is 4.14. The maximum atomic E-state index is 3.23. The molecule has 0 aliphatic heterocycles. The lowest BCUT2D eigenvalue weighted by Crippen LogP contribution is -2.16. The van der Waals surface area contributed by atoms with E-state index >= 15 is 0 Å². The highest BCUT2D eigenvalue weighted by atomic mass is 14.8. The first-order chi connectivity index (χ1) is 6.06. The SMILES string of the molecule is CNC[C@@H](C)CCC(C)CC(C)C. The summed E-state index contributed by atoms with van der Waals surface area (Å²) < 4.78 is 0. The Bertz CT molecular complexity index is 110. The Morgan fingerprint density at radius 3 is 1.92 bits per heavy atom. The molecule has 1 N–H and O–H groups in total. The Morgan fingerprint density at radius 2 is 1.46 bits per heavy atom. The molecule has 0 spiro atoms. The van der Waals surface area contributed by atoms with Crippen molar-refractivity contribution in [1.82, 2.24) is 5.32 Å². The fraction of sp³-hybridized carbons (Fsp3) is 1.00. The van der Waals surface area contributed by atoms with Gasteiger partial charge in [0.25, 0.3) is 0 Å². The molecular formula is C12H27N. The van der Waals surface area contributed by atoms with Crippen molar-refractivity contribution in [3.8, 4) is 0 Å². The van der Waals surface area contributed by atoms with Crippen molar-refractivity contribution >= 4 is 0 Å². The van der Waals surface area contributed by atoms with Gasteiger partial charge in [0, 0.05) is 0 Å². The zero-order valence-corrected chi connectivity index (χ0v) is 10.1. The number of rotatable bonds is 7. The van der Waals surface area contributed by atoms with Gasteiger partial charge in [0.05, 0.1) is 0 Å². The lowest BCUT2D eigenvalue weighted by molar-refractivity contribution is 0.368. The molecule has 0 heterocycles. The molecule has 0 rings (SSSR count). The number of hydrogen-bond acceptors (Lipinski definition) is 1. The molecule has 0 aromatic carbocycles. The van der Waals surface area contributed by atoms with Gasteiger partial charge >= 0.3 is 0 Å². The molecule has 0 aliphatic carbocycles. The van der Waals surface area contributed by atoms with Crippen LogP contribution in [0.2, 0.25) is 0 Å². The van der Waals surface area contributed by atoms with Crippen molar-refractivity contribution in [2.45, 2.75) is 47.0 Å². The summed E-state index contributed by atoms with van der Waals surface area (Å²) in [6.45, 7) is 10.5. The molecule has 0 aromatic heterocycles. The highest BCUT2D eigenvalue weighted by Crippen LogP contribution is 2.18. The molecule has 0 bridgehead atoms. The van der Waals surface area contributed by atoms with Gasteiger partial charge in [-0.05, 0) is 44.2 Å². The van der Waals surface area contributed by atoms with E-state index in [1.165, 1.54) is 19.3 Å². The van der Waals surface area contributed by atoms with E-state index in [1.54, 1.807) is 0 Å². The first kappa shape index (κ1) is 13.0. The summed E-state index contributed by atoms with van der Waals surface area (Å²) in [7, 11) is 2.04. The van der Waals surface area contributed by atoms with Crippen LogP contribution in [0.15, 0.2) is 0 Å². The minimum Gasteiger partial charge on any atom is -0.319 e. The molecule has 13 heavy (non-hydrogen) atoms. The molecule has 0 amide bonds. The molecule has 0 saturated carbocycles. The molecule has 0 radical (unpaired) electrons. The Kier molecular flexibility index (Phi) is 7.35. The zero-order valence-electron chi connectivity index (χ0n) is 10.1. The first-order valence-corrected chi connectivity index (χ1v) is 5.70. The van der Waals surface area contributed by atoms with Gasteiger partial charge in [-0.3, -0.25) is 0 Å². The molecule has 80 valence electrons. The van der Waals surface area contributed by atoms with Crippen LogP contribution in [0.4, 0.5) is 0 Å². The smallest absolute Gasteiger partial charge is 0.00262 e. The van der Waals surface area contributed by atoms with Crippen molar-refractivity contribution in [2.75, 3.05) is 13.6 Å². The van der Waals surface area contributed by atoms with Crippen molar-refractivity contribution in [3.05, 3.63) is 0 Å². The highest BCUT2D eigenvalue weighted by molar-refractivity contribution is 4.61. The number of hydrogen-bond donors (Lipinski definition) is 1. The van der Waals surface area contributed by atoms with Crippen LogP contribution in [0.3, 0.4) is 0 Å². The van der Waals surface area contributed by atoms with Gasteiger partial charge < -0.3 is 5.32 Å². The van der Waals surface area contributed by atoms with E-state index < -0.39 is 0 Å². The summed E-state index contributed by atoms with van der Waals surface area (Å²) >= 11 is 0. The second kappa shape index (κ2) is 7.37. The predicted molar refractivity (Wildman–Crippen MR) is 60.9 cm³/mol. The Hall–Kier alpha value is -0.0400. The summed E-state index contributed by atoms with van der Waals surface area (Å²) in [5.74, 6) is 2.59. The van der Waals surface area contributed by atoms with E-state index in [9.17, 15) is 0 Å². The lowest BCUT2D eigenvalue weighted by atomic mass is 9.91. The molecule has 1 nitrogen and oxygen atoms in total. The molecule has 1 heteroatoms. The Balaban J connectivity index is 3.40. The zero-order chi connectivity index (χ0) is 10.3. The van der Waals surface area contributed by atoms with Crippen LogP contribution in [0, 0.1) is 17.8 Å². The van der Waals surface area contributed by atoms with E-state index in [0.29, 0.717) is 0 Å². The molecule has 0 saturated heterocycles. The van der Waals surface area contributed by atoms with E-state index in [2.05, 4.69) is 33.0 Å². The van der Waals surface area contributed by atoms with Crippen LogP contribution < -0.4 is 5.32 Å². The standard InChI is InChI=1S/C12H27N/c1-10(2)8-11(3)6-7-12(4)9-13-5/h10-13H,6-9H2,1-5H3/t11?,12-/m0/s1. The van der Waals surface area contributed by atoms with Gasteiger partial charge in [0.2, 0.25) is 0 Å². The topological polar surface area (TPSA) is 12.0 Å². The molecule has 0 aromatic rings. The van der Waals surface area contributed by atoms with E-state index in [1.807, 2.05) is 7.05 Å². The van der Waals surface area contributed by atoms with E-state index in [4.69, 9.17) is 0 Å². The van der Waals surface area contributed by atoms with Gasteiger partial charge in [-0.25, -0.2) is 0 Å². The van der Waals surface area contributed by atoms with Crippen LogP contribution >= 0.6 is 0 Å². The second-order valence-electron chi connectivity index (χ2n) is 4.97. The largest absolute Gasteiger partial charge is 0.319 e. The van der Waals surface area contributed by atoms with Gasteiger partial charge in [-0.1, -0.05) is 34.1 Å². The maximum Gasteiger partial charge on any atom is -0.00262 e. The Labute approximate surface area is 84.3 Å². The average Bonchev–Trinajstić information content (AvgIpc) is 2.00. The van der Waals surface area contributed by atoms with Crippen LogP contribution in [-0.4, -0.2) is 13.6 Å². The summed E-state index contributed by atoms with van der Waals surface area (Å²) in [5.41, 5.74) is 0. The van der Waals surface area contributed by atoms with E-state index in [-0.39, 0.29) is 0 Å². The normalized spacial score (nSPS) is 16.2. The molecule has 1 unspecified atom stereocenters. The van der Waals surface area contributed by atoms with Crippen LogP contribution in [-0.2, 0) is 0 Å². The van der Waals surface area contributed by atoms with Crippen LogP contribution in [0.5, 0.6) is 0 Å². The Morgan fingerprint density at radius 1 is 0.923 bits per heavy atom. The second-order valence-corrected chi connectivity index (χ2v) is 4.97. The average molecular weight is 185 g/mol. The monoisotopic (exact) mass is 185 g/mol. The highest BCUT2D eigenvalue weighted by Gasteiger charge is 2.07. The minimum atomic E-state index is 0.833. The van der Waals surface area contributed by atoms with Crippen LogP contribution in [0.1, 0.15) is 47.0 Å². The molecular weight excluding hydrogens is 158 g/mol. The van der Waals surface area contributed by atoms with Crippen molar-refractivity contribution in [2.24, 2.45) is 17.8 Å². The molecule has 2 atom stereocenters. The third-order valence-corrected chi connectivity index (χ3v) is 2.58. The summed E-state index contributed by atoms with van der Waals surface area (Å²) in [5, 5.41) is 3.23. The summed E-state index contributed by atoms with van der Waals surface area (Å²) in [4.78, 5) is 0.